The van der Waals surface area contributed by atoms with Gasteiger partial charge in [0.25, 0.3) is 0 Å². The molecule has 1 fully saturated rings. The maximum atomic E-state index is 12.3. The zero-order valence-corrected chi connectivity index (χ0v) is 12.5. The lowest BCUT2D eigenvalue weighted by Gasteiger charge is -2.48. The smallest absolute Gasteiger partial charge is 0.178 e. The van der Waals surface area contributed by atoms with E-state index in [1.807, 2.05) is 12.1 Å². The molecule has 0 spiro atoms. The van der Waals surface area contributed by atoms with Gasteiger partial charge in [-0.25, -0.2) is 8.42 Å². The number of nitrogens with two attached hydrogens (primary N) is 1. The van der Waals surface area contributed by atoms with Crippen molar-refractivity contribution in [1.82, 2.24) is 4.90 Å². The van der Waals surface area contributed by atoms with Crippen LogP contribution in [0.1, 0.15) is 31.2 Å². The van der Waals surface area contributed by atoms with Gasteiger partial charge < -0.3 is 5.73 Å². The molecule has 0 aromatic heterocycles. The first-order valence-corrected chi connectivity index (χ1v) is 9.03. The second-order valence-electron chi connectivity index (χ2n) is 5.85. The van der Waals surface area contributed by atoms with E-state index in [0.717, 1.165) is 18.7 Å². The lowest BCUT2D eigenvalue weighted by molar-refractivity contribution is 0.0626. The predicted molar refractivity (Wildman–Crippen MR) is 79.3 cm³/mol. The molecule has 0 bridgehead atoms. The SMILES string of the molecule is NCC1(N2CCCCC2)CCS(=O)(=O)c2ccccc21. The van der Waals surface area contributed by atoms with Crippen molar-refractivity contribution in [1.29, 1.82) is 0 Å². The van der Waals surface area contributed by atoms with E-state index in [0.29, 0.717) is 17.9 Å². The lowest BCUT2D eigenvalue weighted by atomic mass is 9.83. The van der Waals surface area contributed by atoms with Gasteiger partial charge in [-0.15, -0.1) is 0 Å². The lowest BCUT2D eigenvalue weighted by Crippen LogP contribution is -2.56. The molecular formula is C15H22N2O2S. The Kier molecular flexibility index (Phi) is 3.60. The van der Waals surface area contributed by atoms with Gasteiger partial charge in [0.1, 0.15) is 0 Å². The van der Waals surface area contributed by atoms with Crippen molar-refractivity contribution in [3.8, 4) is 0 Å². The fourth-order valence-electron chi connectivity index (χ4n) is 3.66. The predicted octanol–water partition coefficient (Wildman–Crippen LogP) is 1.50. The third kappa shape index (κ3) is 2.08. The minimum Gasteiger partial charge on any atom is -0.328 e. The van der Waals surface area contributed by atoms with Crippen molar-refractivity contribution in [3.63, 3.8) is 0 Å². The first-order chi connectivity index (χ1) is 9.60. The molecule has 2 aliphatic heterocycles. The molecule has 1 aromatic rings. The molecule has 0 radical (unpaired) electrons. The zero-order chi connectivity index (χ0) is 14.2. The highest BCUT2D eigenvalue weighted by molar-refractivity contribution is 7.91. The number of likely N-dealkylation sites (tertiary alicyclic amines) is 1. The molecule has 110 valence electrons. The summed E-state index contributed by atoms with van der Waals surface area (Å²) in [6.07, 6.45) is 4.23. The van der Waals surface area contributed by atoms with Crippen molar-refractivity contribution < 1.29 is 8.42 Å². The number of hydrogen-bond acceptors (Lipinski definition) is 4. The molecule has 2 heterocycles. The second kappa shape index (κ2) is 5.13. The fraction of sp³-hybridized carbons (Fsp3) is 0.600. The summed E-state index contributed by atoms with van der Waals surface area (Å²) in [5, 5.41) is 0. The molecule has 1 saturated heterocycles. The quantitative estimate of drug-likeness (QED) is 0.898. The Morgan fingerprint density at radius 2 is 1.85 bits per heavy atom. The maximum Gasteiger partial charge on any atom is 0.178 e. The highest BCUT2D eigenvalue weighted by atomic mass is 32.2. The number of piperidine rings is 1. The van der Waals surface area contributed by atoms with E-state index in [4.69, 9.17) is 5.73 Å². The van der Waals surface area contributed by atoms with E-state index in [2.05, 4.69) is 4.90 Å². The number of sulfone groups is 1. The van der Waals surface area contributed by atoms with Gasteiger partial charge >= 0.3 is 0 Å². The molecule has 1 unspecified atom stereocenters. The molecular weight excluding hydrogens is 272 g/mol. The summed E-state index contributed by atoms with van der Waals surface area (Å²) in [4.78, 5) is 2.91. The summed E-state index contributed by atoms with van der Waals surface area (Å²) >= 11 is 0. The second-order valence-corrected chi connectivity index (χ2v) is 7.93. The molecule has 1 aromatic carbocycles. The number of fused-ring (bicyclic) bond motifs is 1. The average molecular weight is 294 g/mol. The van der Waals surface area contributed by atoms with E-state index >= 15 is 0 Å². The van der Waals surface area contributed by atoms with Crippen LogP contribution in [0.15, 0.2) is 29.2 Å². The highest BCUT2D eigenvalue weighted by Crippen LogP contribution is 2.41. The van der Waals surface area contributed by atoms with Crippen LogP contribution in [0.2, 0.25) is 0 Å². The number of hydrogen-bond donors (Lipinski definition) is 1. The molecule has 2 aliphatic rings. The van der Waals surface area contributed by atoms with E-state index in [9.17, 15) is 8.42 Å². The van der Waals surface area contributed by atoms with Crippen LogP contribution in [0.25, 0.3) is 0 Å². The summed E-state index contributed by atoms with van der Waals surface area (Å²) in [5.74, 6) is 0.206. The zero-order valence-electron chi connectivity index (χ0n) is 11.7. The van der Waals surface area contributed by atoms with E-state index < -0.39 is 9.84 Å². The Bertz CT molecular complexity index is 594. The molecule has 0 aliphatic carbocycles. The average Bonchev–Trinajstić information content (AvgIpc) is 2.49. The first kappa shape index (κ1) is 14.0. The Balaban J connectivity index is 2.12. The minimum atomic E-state index is -3.14. The molecule has 3 rings (SSSR count). The van der Waals surface area contributed by atoms with E-state index in [1.54, 1.807) is 12.1 Å². The van der Waals surface area contributed by atoms with Crippen molar-refractivity contribution in [2.45, 2.75) is 36.1 Å². The molecule has 4 nitrogen and oxygen atoms in total. The topological polar surface area (TPSA) is 63.4 Å². The van der Waals surface area contributed by atoms with Gasteiger partial charge in [-0.2, -0.15) is 0 Å². The van der Waals surface area contributed by atoms with Crippen LogP contribution < -0.4 is 5.73 Å². The Hall–Kier alpha value is -0.910. The number of nitrogens with zero attached hydrogens (tertiary/aromatic N) is 1. The van der Waals surface area contributed by atoms with Crippen LogP contribution in [-0.2, 0) is 15.4 Å². The molecule has 1 atom stereocenters. The van der Waals surface area contributed by atoms with Crippen molar-refractivity contribution >= 4 is 9.84 Å². The van der Waals surface area contributed by atoms with Crippen LogP contribution in [0.5, 0.6) is 0 Å². The van der Waals surface area contributed by atoms with Crippen LogP contribution in [-0.4, -0.2) is 38.7 Å². The third-order valence-electron chi connectivity index (χ3n) is 4.81. The molecule has 20 heavy (non-hydrogen) atoms. The Morgan fingerprint density at radius 3 is 2.55 bits per heavy atom. The standard InChI is InChI=1S/C15H22N2O2S/c16-12-15(17-9-4-1-5-10-17)8-11-20(18,19)14-7-3-2-6-13(14)15/h2-3,6-7H,1,4-5,8-12,16H2. The van der Waals surface area contributed by atoms with Crippen molar-refractivity contribution in [2.75, 3.05) is 25.4 Å². The van der Waals surface area contributed by atoms with Gasteiger partial charge in [0, 0.05) is 6.54 Å². The summed E-state index contributed by atoms with van der Waals surface area (Å²) in [7, 11) is -3.14. The largest absolute Gasteiger partial charge is 0.328 e. The van der Waals surface area contributed by atoms with Gasteiger partial charge in [0.05, 0.1) is 16.2 Å². The third-order valence-corrected chi connectivity index (χ3v) is 6.57. The Labute approximate surface area is 120 Å². The molecule has 2 N–H and O–H groups in total. The van der Waals surface area contributed by atoms with E-state index in [1.165, 1.54) is 19.3 Å². The summed E-state index contributed by atoms with van der Waals surface area (Å²) in [5.41, 5.74) is 6.76. The number of rotatable bonds is 2. The molecule has 5 heteroatoms. The Morgan fingerprint density at radius 1 is 1.15 bits per heavy atom. The fourth-order valence-corrected chi connectivity index (χ4v) is 5.37. The van der Waals surface area contributed by atoms with Crippen LogP contribution in [0, 0.1) is 0 Å². The van der Waals surface area contributed by atoms with Gasteiger partial charge in [0.2, 0.25) is 0 Å². The normalized spacial score (nSPS) is 29.9. The van der Waals surface area contributed by atoms with Crippen LogP contribution in [0.3, 0.4) is 0 Å². The summed E-state index contributed by atoms with van der Waals surface area (Å²) in [6.45, 7) is 2.52. The minimum absolute atomic E-state index is 0.206. The highest BCUT2D eigenvalue weighted by Gasteiger charge is 2.45. The summed E-state index contributed by atoms with van der Waals surface area (Å²) < 4.78 is 24.6. The van der Waals surface area contributed by atoms with E-state index in [-0.39, 0.29) is 11.3 Å². The first-order valence-electron chi connectivity index (χ1n) is 7.37. The van der Waals surface area contributed by atoms with Gasteiger partial charge in [-0.3, -0.25) is 4.90 Å². The van der Waals surface area contributed by atoms with Crippen molar-refractivity contribution in [3.05, 3.63) is 29.8 Å². The molecule has 0 amide bonds. The van der Waals surface area contributed by atoms with Gasteiger partial charge in [-0.1, -0.05) is 24.6 Å². The molecule has 0 saturated carbocycles. The van der Waals surface area contributed by atoms with Crippen molar-refractivity contribution in [2.24, 2.45) is 5.73 Å². The van der Waals surface area contributed by atoms with Crippen LogP contribution >= 0.6 is 0 Å². The van der Waals surface area contributed by atoms with Gasteiger partial charge in [0.15, 0.2) is 9.84 Å². The summed E-state index contributed by atoms with van der Waals surface area (Å²) in [6, 6.07) is 7.42. The maximum absolute atomic E-state index is 12.3. The van der Waals surface area contributed by atoms with Crippen LogP contribution in [0.4, 0.5) is 0 Å². The monoisotopic (exact) mass is 294 g/mol. The van der Waals surface area contributed by atoms with Gasteiger partial charge in [-0.05, 0) is 44.0 Å². The number of benzene rings is 1.